The van der Waals surface area contributed by atoms with Gasteiger partial charge in [0.1, 0.15) is 5.82 Å². The van der Waals surface area contributed by atoms with Gasteiger partial charge in [0.05, 0.1) is 18.7 Å². The second-order valence-electron chi connectivity index (χ2n) is 5.76. The third kappa shape index (κ3) is 4.37. The fourth-order valence-electron chi connectivity index (χ4n) is 2.65. The number of halogens is 2. The Morgan fingerprint density at radius 2 is 1.73 bits per heavy atom. The number of carbonyl (C=O) groups excluding carboxylic acids is 2. The van der Waals surface area contributed by atoms with Crippen molar-refractivity contribution >= 4 is 39.9 Å². The first-order valence-electron chi connectivity index (χ1n) is 8.01. The molecule has 132 valence electrons. The molecule has 26 heavy (non-hydrogen) atoms. The topological polar surface area (TPSA) is 58.2 Å². The molecule has 0 bridgehead atoms. The Labute approximate surface area is 155 Å². The number of amides is 2. The van der Waals surface area contributed by atoms with Crippen molar-refractivity contribution in [1.29, 1.82) is 0 Å². The normalized spacial score (nSPS) is 10.5. The van der Waals surface area contributed by atoms with E-state index in [0.717, 1.165) is 22.4 Å². The van der Waals surface area contributed by atoms with Crippen LogP contribution >= 0.6 is 11.6 Å². The average Bonchev–Trinajstić information content (AvgIpc) is 2.63. The molecule has 0 spiro atoms. The van der Waals surface area contributed by atoms with Crippen LogP contribution in [0.25, 0.3) is 10.8 Å². The zero-order chi connectivity index (χ0) is 18.5. The van der Waals surface area contributed by atoms with Crippen molar-refractivity contribution < 1.29 is 14.0 Å². The van der Waals surface area contributed by atoms with E-state index < -0.39 is 11.7 Å². The summed E-state index contributed by atoms with van der Waals surface area (Å²) in [5.41, 5.74) is 0.896. The van der Waals surface area contributed by atoms with Crippen molar-refractivity contribution in [3.63, 3.8) is 0 Å². The highest BCUT2D eigenvalue weighted by Crippen LogP contribution is 2.19. The molecule has 0 atom stereocenters. The van der Waals surface area contributed by atoms with Crippen LogP contribution in [0.1, 0.15) is 5.56 Å². The quantitative estimate of drug-likeness (QED) is 0.715. The lowest BCUT2D eigenvalue weighted by molar-refractivity contribution is -0.123. The standard InChI is InChI=1S/C20H16ClFN2O2/c21-15-8-9-18(17(22)11-15)24-20(26)12-23-19(25)10-14-6-3-5-13-4-1-2-7-16(13)14/h1-9,11H,10,12H2,(H,23,25)(H,24,26). The lowest BCUT2D eigenvalue weighted by atomic mass is 10.0. The van der Waals surface area contributed by atoms with Crippen LogP contribution in [-0.2, 0) is 16.0 Å². The predicted octanol–water partition coefficient (Wildman–Crippen LogP) is 3.93. The van der Waals surface area contributed by atoms with Gasteiger partial charge < -0.3 is 10.6 Å². The lowest BCUT2D eigenvalue weighted by Gasteiger charge is -2.09. The third-order valence-corrected chi connectivity index (χ3v) is 4.12. The van der Waals surface area contributed by atoms with Gasteiger partial charge >= 0.3 is 0 Å². The molecule has 0 aliphatic rings. The van der Waals surface area contributed by atoms with Crippen LogP contribution in [-0.4, -0.2) is 18.4 Å². The molecule has 0 aliphatic heterocycles. The van der Waals surface area contributed by atoms with Crippen molar-refractivity contribution in [3.05, 3.63) is 77.1 Å². The number of hydrogen-bond donors (Lipinski definition) is 2. The molecule has 6 heteroatoms. The molecular formula is C20H16ClFN2O2. The summed E-state index contributed by atoms with van der Waals surface area (Å²) < 4.78 is 13.7. The van der Waals surface area contributed by atoms with E-state index in [4.69, 9.17) is 11.6 Å². The van der Waals surface area contributed by atoms with Crippen LogP contribution in [0.5, 0.6) is 0 Å². The molecular weight excluding hydrogens is 355 g/mol. The van der Waals surface area contributed by atoms with E-state index in [2.05, 4.69) is 10.6 Å². The Bertz CT molecular complexity index is 970. The lowest BCUT2D eigenvalue weighted by Crippen LogP contribution is -2.34. The van der Waals surface area contributed by atoms with Crippen LogP contribution in [0.3, 0.4) is 0 Å². The summed E-state index contributed by atoms with van der Waals surface area (Å²) in [5.74, 6) is -1.43. The maximum Gasteiger partial charge on any atom is 0.243 e. The molecule has 0 heterocycles. The van der Waals surface area contributed by atoms with Gasteiger partial charge in [0.25, 0.3) is 0 Å². The smallest absolute Gasteiger partial charge is 0.243 e. The number of nitrogens with one attached hydrogen (secondary N) is 2. The second-order valence-corrected chi connectivity index (χ2v) is 6.20. The number of rotatable bonds is 5. The predicted molar refractivity (Wildman–Crippen MR) is 101 cm³/mol. The molecule has 0 saturated heterocycles. The van der Waals surface area contributed by atoms with Crippen LogP contribution in [0.4, 0.5) is 10.1 Å². The number of anilines is 1. The summed E-state index contributed by atoms with van der Waals surface area (Å²) in [6, 6.07) is 17.5. The van der Waals surface area contributed by atoms with Gasteiger partial charge in [-0.25, -0.2) is 4.39 Å². The monoisotopic (exact) mass is 370 g/mol. The van der Waals surface area contributed by atoms with Crippen molar-refractivity contribution in [2.45, 2.75) is 6.42 Å². The summed E-state index contributed by atoms with van der Waals surface area (Å²) in [7, 11) is 0. The third-order valence-electron chi connectivity index (χ3n) is 3.88. The van der Waals surface area contributed by atoms with Gasteiger partial charge in [0.15, 0.2) is 0 Å². The summed E-state index contributed by atoms with van der Waals surface area (Å²) in [6.07, 6.45) is 0.157. The molecule has 4 nitrogen and oxygen atoms in total. The number of benzene rings is 3. The summed E-state index contributed by atoms with van der Waals surface area (Å²) >= 11 is 5.66. The van der Waals surface area contributed by atoms with E-state index in [9.17, 15) is 14.0 Å². The number of carbonyl (C=O) groups is 2. The number of hydrogen-bond acceptors (Lipinski definition) is 2. The zero-order valence-corrected chi connectivity index (χ0v) is 14.5. The molecule has 0 aliphatic carbocycles. The van der Waals surface area contributed by atoms with Gasteiger partial charge in [-0.15, -0.1) is 0 Å². The minimum absolute atomic E-state index is 0.0164. The molecule has 0 fully saturated rings. The van der Waals surface area contributed by atoms with E-state index >= 15 is 0 Å². The summed E-state index contributed by atoms with van der Waals surface area (Å²) in [4.78, 5) is 24.0. The van der Waals surface area contributed by atoms with E-state index in [1.54, 1.807) is 0 Å². The molecule has 2 N–H and O–H groups in total. The Kier molecular flexibility index (Phi) is 5.49. The highest BCUT2D eigenvalue weighted by Gasteiger charge is 2.11. The number of fused-ring (bicyclic) bond motifs is 1. The fourth-order valence-corrected chi connectivity index (χ4v) is 2.81. The highest BCUT2D eigenvalue weighted by atomic mass is 35.5. The first kappa shape index (κ1) is 17.9. The van der Waals surface area contributed by atoms with Crippen LogP contribution in [0, 0.1) is 5.82 Å². The average molecular weight is 371 g/mol. The van der Waals surface area contributed by atoms with Crippen molar-refractivity contribution in [1.82, 2.24) is 5.32 Å². The largest absolute Gasteiger partial charge is 0.347 e. The SMILES string of the molecule is O=C(Cc1cccc2ccccc12)NCC(=O)Nc1ccc(Cl)cc1F. The zero-order valence-electron chi connectivity index (χ0n) is 13.8. The second kappa shape index (κ2) is 7.97. The van der Waals surface area contributed by atoms with Crippen molar-refractivity contribution in [3.8, 4) is 0 Å². The van der Waals surface area contributed by atoms with Crippen LogP contribution in [0.2, 0.25) is 5.02 Å². The fraction of sp³-hybridized carbons (Fsp3) is 0.100. The van der Waals surface area contributed by atoms with E-state index in [-0.39, 0.29) is 29.6 Å². The minimum Gasteiger partial charge on any atom is -0.347 e. The molecule has 0 aromatic heterocycles. The van der Waals surface area contributed by atoms with Gasteiger partial charge in [-0.1, -0.05) is 54.1 Å². The minimum atomic E-state index is -0.632. The Hall–Kier alpha value is -2.92. The maximum absolute atomic E-state index is 13.7. The van der Waals surface area contributed by atoms with E-state index in [0.29, 0.717) is 0 Å². The highest BCUT2D eigenvalue weighted by molar-refractivity contribution is 6.30. The molecule has 0 unspecified atom stereocenters. The van der Waals surface area contributed by atoms with Crippen molar-refractivity contribution in [2.24, 2.45) is 0 Å². The molecule has 3 aromatic rings. The first-order chi connectivity index (χ1) is 12.5. The van der Waals surface area contributed by atoms with Gasteiger partial charge in [0, 0.05) is 5.02 Å². The summed E-state index contributed by atoms with van der Waals surface area (Å²) in [5, 5.41) is 7.23. The first-order valence-corrected chi connectivity index (χ1v) is 8.39. The Balaban J connectivity index is 1.57. The van der Waals surface area contributed by atoms with Crippen molar-refractivity contribution in [2.75, 3.05) is 11.9 Å². The Morgan fingerprint density at radius 3 is 2.54 bits per heavy atom. The van der Waals surface area contributed by atoms with Crippen LogP contribution in [0.15, 0.2) is 60.7 Å². The van der Waals surface area contributed by atoms with E-state index in [1.165, 1.54) is 12.1 Å². The molecule has 0 radical (unpaired) electrons. The van der Waals surface area contributed by atoms with Crippen LogP contribution < -0.4 is 10.6 Å². The molecule has 3 aromatic carbocycles. The van der Waals surface area contributed by atoms with Gasteiger partial charge in [0.2, 0.25) is 11.8 Å². The molecule has 0 saturated carbocycles. The van der Waals surface area contributed by atoms with E-state index in [1.807, 2.05) is 42.5 Å². The summed E-state index contributed by atoms with van der Waals surface area (Å²) in [6.45, 7) is -0.244. The van der Waals surface area contributed by atoms with Gasteiger partial charge in [-0.2, -0.15) is 0 Å². The molecule has 2 amide bonds. The maximum atomic E-state index is 13.7. The van der Waals surface area contributed by atoms with Gasteiger partial charge in [-0.05, 0) is 34.5 Å². The van der Waals surface area contributed by atoms with Gasteiger partial charge in [-0.3, -0.25) is 9.59 Å². The Morgan fingerprint density at radius 1 is 0.962 bits per heavy atom. The molecule has 3 rings (SSSR count).